The molecular weight excluding hydrogens is 1430 g/mol. The standard InChI is InChI=1S/C91H178O17P2/c1-9-84(8)70-62-54-46-38-32-26-22-23-27-33-39-47-55-63-71-88(93)101-77-86(107-90(95)73-65-57-48-40-34-28-20-16-12-10-14-18-24-30-36-43-51-59-67-81(2)3)79-105-109(97,98)103-75-85(92)76-104-110(99,100)106-80-87(78-102-89(94)72-64-56-50-42-45-53-61-69-83(6)7)108-91(96)74-66-58-49-41-35-29-21-17-13-11-15-19-25-31-37-44-52-60-68-82(4)5/h81-87,92H,9-80H2,1-8H3,(H,97,98)(H,99,100)/t84?,85?,86-,87-/m1/s1. The molecule has 654 valence electrons. The van der Waals surface area contributed by atoms with Crippen LogP contribution in [0.3, 0.4) is 0 Å². The molecule has 0 aliphatic heterocycles. The van der Waals surface area contributed by atoms with Gasteiger partial charge in [-0.05, 0) is 49.4 Å². The highest BCUT2D eigenvalue weighted by atomic mass is 31.2. The van der Waals surface area contributed by atoms with Gasteiger partial charge >= 0.3 is 39.5 Å². The fraction of sp³-hybridized carbons (Fsp3) is 0.956. The van der Waals surface area contributed by atoms with Crippen molar-refractivity contribution in [1.29, 1.82) is 0 Å². The van der Waals surface area contributed by atoms with E-state index in [-0.39, 0.29) is 25.7 Å². The Labute approximate surface area is 677 Å². The molecule has 0 radical (unpaired) electrons. The largest absolute Gasteiger partial charge is 0.472 e. The number of hydrogen-bond acceptors (Lipinski definition) is 15. The molecule has 3 N–H and O–H groups in total. The van der Waals surface area contributed by atoms with E-state index in [1.165, 1.54) is 276 Å². The zero-order chi connectivity index (χ0) is 80.9. The molecule has 19 heteroatoms. The smallest absolute Gasteiger partial charge is 0.462 e. The number of esters is 4. The molecule has 0 bridgehead atoms. The number of carbonyl (C=O) groups is 4. The number of rotatable bonds is 88. The quantitative estimate of drug-likeness (QED) is 0.0222. The van der Waals surface area contributed by atoms with Crippen LogP contribution in [0.25, 0.3) is 0 Å². The van der Waals surface area contributed by atoms with E-state index in [4.69, 9.17) is 37.0 Å². The summed E-state index contributed by atoms with van der Waals surface area (Å²) in [6, 6.07) is 0. The van der Waals surface area contributed by atoms with Gasteiger partial charge < -0.3 is 33.8 Å². The second-order valence-electron chi connectivity index (χ2n) is 34.4. The summed E-state index contributed by atoms with van der Waals surface area (Å²) in [5.74, 6) is 1.09. The molecule has 0 saturated carbocycles. The van der Waals surface area contributed by atoms with Crippen molar-refractivity contribution in [2.45, 2.75) is 497 Å². The Morgan fingerprint density at radius 2 is 0.436 bits per heavy atom. The Hall–Kier alpha value is -1.94. The van der Waals surface area contributed by atoms with E-state index < -0.39 is 97.5 Å². The Morgan fingerprint density at radius 1 is 0.255 bits per heavy atom. The topological polar surface area (TPSA) is 237 Å². The first-order valence-corrected chi connectivity index (χ1v) is 49.7. The van der Waals surface area contributed by atoms with E-state index in [2.05, 4.69) is 55.4 Å². The van der Waals surface area contributed by atoms with Crippen molar-refractivity contribution in [3.63, 3.8) is 0 Å². The van der Waals surface area contributed by atoms with Crippen LogP contribution >= 0.6 is 15.6 Å². The first-order valence-electron chi connectivity index (χ1n) is 46.7. The molecule has 0 fully saturated rings. The summed E-state index contributed by atoms with van der Waals surface area (Å²) in [6.07, 6.45) is 71.0. The third-order valence-corrected chi connectivity index (χ3v) is 23.6. The molecule has 0 aliphatic carbocycles. The average Bonchev–Trinajstić information content (AvgIpc) is 0.899. The molecule has 110 heavy (non-hydrogen) atoms. The Kier molecular flexibility index (Phi) is 78.1. The highest BCUT2D eigenvalue weighted by molar-refractivity contribution is 7.47. The van der Waals surface area contributed by atoms with Gasteiger partial charge in [-0.25, -0.2) is 9.13 Å². The fourth-order valence-corrected chi connectivity index (χ4v) is 15.7. The summed E-state index contributed by atoms with van der Waals surface area (Å²) in [7, 11) is -9.94. The summed E-state index contributed by atoms with van der Waals surface area (Å²) < 4.78 is 69.0. The SMILES string of the molecule is CCC(C)CCCCCCCCCCCCCCCCC(=O)OC[C@H](COP(=O)(O)OCC(O)COP(=O)(O)OC[C@@H](COC(=O)CCCCCCCCCC(C)C)OC(=O)CCCCCCCCCCCCCCCCCCCCC(C)C)OC(=O)CCCCCCCCCCCCCCCCCCCCC(C)C. The van der Waals surface area contributed by atoms with Gasteiger partial charge in [-0.15, -0.1) is 0 Å². The lowest BCUT2D eigenvalue weighted by Crippen LogP contribution is -2.30. The molecule has 0 rings (SSSR count). The Morgan fingerprint density at radius 3 is 0.645 bits per heavy atom. The van der Waals surface area contributed by atoms with Gasteiger partial charge in [0.05, 0.1) is 26.4 Å². The van der Waals surface area contributed by atoms with Crippen LogP contribution in [0.2, 0.25) is 0 Å². The minimum Gasteiger partial charge on any atom is -0.462 e. The molecule has 0 aromatic heterocycles. The maximum Gasteiger partial charge on any atom is 0.472 e. The summed E-state index contributed by atoms with van der Waals surface area (Å²) in [5.41, 5.74) is 0. The molecule has 0 aromatic carbocycles. The monoisotopic (exact) mass is 1610 g/mol. The number of unbranched alkanes of at least 4 members (excludes halogenated alkanes) is 53. The number of phosphoric acid groups is 2. The van der Waals surface area contributed by atoms with Crippen molar-refractivity contribution in [2.24, 2.45) is 23.7 Å². The number of phosphoric ester groups is 2. The summed E-state index contributed by atoms with van der Waals surface area (Å²) in [4.78, 5) is 73.4. The van der Waals surface area contributed by atoms with Crippen molar-refractivity contribution in [2.75, 3.05) is 39.6 Å². The average molecular weight is 1610 g/mol. The van der Waals surface area contributed by atoms with Crippen molar-refractivity contribution in [1.82, 2.24) is 0 Å². The van der Waals surface area contributed by atoms with Gasteiger partial charge in [0.1, 0.15) is 19.3 Å². The number of carbonyl (C=O) groups excluding carboxylic acids is 4. The van der Waals surface area contributed by atoms with E-state index in [1.807, 2.05) is 0 Å². The molecule has 0 heterocycles. The maximum absolute atomic E-state index is 13.2. The molecular formula is C91H178O17P2. The van der Waals surface area contributed by atoms with Crippen LogP contribution in [-0.2, 0) is 65.4 Å². The number of hydrogen-bond donors (Lipinski definition) is 3. The van der Waals surface area contributed by atoms with Crippen LogP contribution in [0.1, 0.15) is 479 Å². The molecule has 0 spiro atoms. The first kappa shape index (κ1) is 108. The first-order chi connectivity index (χ1) is 53.1. The Balaban J connectivity index is 5.21. The van der Waals surface area contributed by atoms with Gasteiger partial charge in [0.25, 0.3) is 0 Å². The number of aliphatic hydroxyl groups is 1. The van der Waals surface area contributed by atoms with Crippen molar-refractivity contribution in [3.8, 4) is 0 Å². The van der Waals surface area contributed by atoms with E-state index in [0.717, 1.165) is 114 Å². The van der Waals surface area contributed by atoms with Crippen LogP contribution in [0, 0.1) is 23.7 Å². The predicted octanol–water partition coefficient (Wildman–Crippen LogP) is 27.9. The summed E-state index contributed by atoms with van der Waals surface area (Å²) in [5, 5.41) is 10.7. The lowest BCUT2D eigenvalue weighted by Gasteiger charge is -2.21. The van der Waals surface area contributed by atoms with Gasteiger partial charge in [-0.3, -0.25) is 37.3 Å². The third-order valence-electron chi connectivity index (χ3n) is 21.7. The van der Waals surface area contributed by atoms with E-state index in [0.29, 0.717) is 31.6 Å². The van der Waals surface area contributed by atoms with Crippen molar-refractivity contribution >= 4 is 39.5 Å². The van der Waals surface area contributed by atoms with E-state index in [9.17, 15) is 43.2 Å². The lowest BCUT2D eigenvalue weighted by atomic mass is 9.99. The minimum absolute atomic E-state index is 0.107. The fourth-order valence-electron chi connectivity index (χ4n) is 14.2. The third kappa shape index (κ3) is 82.6. The van der Waals surface area contributed by atoms with Crippen LogP contribution in [0.15, 0.2) is 0 Å². The minimum atomic E-state index is -4.97. The highest BCUT2D eigenvalue weighted by Gasteiger charge is 2.31. The molecule has 4 unspecified atom stereocenters. The van der Waals surface area contributed by atoms with Gasteiger partial charge in [0.15, 0.2) is 12.2 Å². The molecule has 0 saturated heterocycles. The maximum atomic E-state index is 13.2. The normalized spacial score (nSPS) is 14.1. The van der Waals surface area contributed by atoms with Crippen LogP contribution in [0.5, 0.6) is 0 Å². The molecule has 0 aliphatic rings. The van der Waals surface area contributed by atoms with Crippen LogP contribution in [0.4, 0.5) is 0 Å². The Bertz CT molecular complexity index is 2130. The van der Waals surface area contributed by atoms with Gasteiger partial charge in [0.2, 0.25) is 0 Å². The zero-order valence-corrected chi connectivity index (χ0v) is 74.7. The predicted molar refractivity (Wildman–Crippen MR) is 455 cm³/mol. The summed E-state index contributed by atoms with van der Waals surface area (Å²) in [6.45, 7) is 14.4. The van der Waals surface area contributed by atoms with E-state index in [1.54, 1.807) is 0 Å². The second-order valence-corrected chi connectivity index (χ2v) is 37.3. The van der Waals surface area contributed by atoms with Crippen LogP contribution < -0.4 is 0 Å². The van der Waals surface area contributed by atoms with E-state index >= 15 is 0 Å². The molecule has 0 aromatic rings. The summed E-state index contributed by atoms with van der Waals surface area (Å²) >= 11 is 0. The molecule has 17 nitrogen and oxygen atoms in total. The second kappa shape index (κ2) is 79.5. The van der Waals surface area contributed by atoms with Crippen molar-refractivity contribution < 1.29 is 80.2 Å². The number of ether oxygens (including phenoxy) is 4. The van der Waals surface area contributed by atoms with Crippen LogP contribution in [-0.4, -0.2) is 96.7 Å². The molecule has 6 atom stereocenters. The van der Waals surface area contributed by atoms with Gasteiger partial charge in [-0.1, -0.05) is 428 Å². The number of aliphatic hydroxyl groups excluding tert-OH is 1. The lowest BCUT2D eigenvalue weighted by molar-refractivity contribution is -0.161. The van der Waals surface area contributed by atoms with Crippen molar-refractivity contribution in [3.05, 3.63) is 0 Å². The zero-order valence-electron chi connectivity index (χ0n) is 72.9. The highest BCUT2D eigenvalue weighted by Crippen LogP contribution is 2.45. The van der Waals surface area contributed by atoms with Gasteiger partial charge in [-0.2, -0.15) is 0 Å². The molecule has 0 amide bonds. The van der Waals surface area contributed by atoms with Gasteiger partial charge in [0, 0.05) is 25.7 Å².